The summed E-state index contributed by atoms with van der Waals surface area (Å²) in [4.78, 5) is 12.5. The number of ether oxygens (including phenoxy) is 1. The SMILES string of the molecule is COc1cc(/C=C(\C#N)C(=O)Nc2cccc(Cl)c2)cc(Br)c1Cc1ccccc1F. The van der Waals surface area contributed by atoms with Gasteiger partial charge in [-0.2, -0.15) is 5.26 Å². The Kier molecular flexibility index (Phi) is 7.45. The fourth-order valence-corrected chi connectivity index (χ4v) is 3.77. The van der Waals surface area contributed by atoms with Crippen LogP contribution in [0.1, 0.15) is 16.7 Å². The summed E-state index contributed by atoms with van der Waals surface area (Å²) in [5, 5.41) is 12.6. The topological polar surface area (TPSA) is 62.1 Å². The summed E-state index contributed by atoms with van der Waals surface area (Å²) in [5.41, 5.74) is 2.27. The van der Waals surface area contributed by atoms with Crippen LogP contribution in [0.4, 0.5) is 10.1 Å². The molecule has 0 saturated carbocycles. The number of methoxy groups -OCH3 is 1. The van der Waals surface area contributed by atoms with Gasteiger partial charge in [0.2, 0.25) is 0 Å². The zero-order valence-corrected chi connectivity index (χ0v) is 18.8. The van der Waals surface area contributed by atoms with Gasteiger partial charge in [-0.3, -0.25) is 4.79 Å². The minimum atomic E-state index is -0.560. The minimum absolute atomic E-state index is 0.0872. The molecule has 0 aromatic heterocycles. The molecule has 4 nitrogen and oxygen atoms in total. The molecule has 3 aromatic carbocycles. The molecule has 0 bridgehead atoms. The maximum Gasteiger partial charge on any atom is 0.266 e. The van der Waals surface area contributed by atoms with E-state index in [0.29, 0.717) is 38.5 Å². The van der Waals surface area contributed by atoms with E-state index in [1.807, 2.05) is 6.07 Å². The molecular formula is C24H17BrClFN2O2. The van der Waals surface area contributed by atoms with Crippen LogP contribution in [0.15, 0.2) is 70.7 Å². The Hall–Kier alpha value is -3.14. The van der Waals surface area contributed by atoms with Crippen LogP contribution in [-0.2, 0) is 11.2 Å². The van der Waals surface area contributed by atoms with Gasteiger partial charge in [0.05, 0.1) is 7.11 Å². The number of nitriles is 1. The number of carbonyl (C=O) groups excluding carboxylic acids is 1. The van der Waals surface area contributed by atoms with Crippen LogP contribution in [-0.4, -0.2) is 13.0 Å². The average molecular weight is 500 g/mol. The first-order valence-electron chi connectivity index (χ1n) is 9.19. The third kappa shape index (κ3) is 5.72. The molecule has 1 amide bonds. The van der Waals surface area contributed by atoms with E-state index in [1.54, 1.807) is 54.6 Å². The second kappa shape index (κ2) is 10.3. The van der Waals surface area contributed by atoms with Crippen LogP contribution in [0.3, 0.4) is 0 Å². The van der Waals surface area contributed by atoms with Crippen LogP contribution < -0.4 is 10.1 Å². The number of anilines is 1. The van der Waals surface area contributed by atoms with Crippen molar-refractivity contribution < 1.29 is 13.9 Å². The van der Waals surface area contributed by atoms with Crippen molar-refractivity contribution in [3.8, 4) is 11.8 Å². The maximum absolute atomic E-state index is 14.1. The highest BCUT2D eigenvalue weighted by Gasteiger charge is 2.15. The maximum atomic E-state index is 14.1. The number of carbonyl (C=O) groups is 1. The van der Waals surface area contributed by atoms with Gasteiger partial charge in [-0.1, -0.05) is 51.8 Å². The van der Waals surface area contributed by atoms with Gasteiger partial charge in [-0.05, 0) is 53.6 Å². The Morgan fingerprint density at radius 3 is 2.68 bits per heavy atom. The number of halogens is 3. The molecule has 3 aromatic rings. The van der Waals surface area contributed by atoms with Crippen molar-refractivity contribution in [3.05, 3.63) is 98.2 Å². The van der Waals surface area contributed by atoms with Gasteiger partial charge in [0.25, 0.3) is 5.91 Å². The summed E-state index contributed by atoms with van der Waals surface area (Å²) in [5.74, 6) is -0.350. The highest BCUT2D eigenvalue weighted by molar-refractivity contribution is 9.10. The molecule has 0 heterocycles. The summed E-state index contributed by atoms with van der Waals surface area (Å²) in [6.07, 6.45) is 1.78. The summed E-state index contributed by atoms with van der Waals surface area (Å²) in [6, 6.07) is 18.5. The number of rotatable bonds is 6. The normalized spacial score (nSPS) is 11.0. The third-order valence-electron chi connectivity index (χ3n) is 4.48. The molecule has 0 spiro atoms. The standard InChI is InChI=1S/C24H17BrClFN2O2/c1-31-23-11-15(10-21(25)20(23)12-16-5-2-3-8-22(16)27)9-17(14-28)24(30)29-19-7-4-6-18(26)13-19/h2-11,13H,12H2,1H3,(H,29,30)/b17-9+. The molecule has 0 saturated heterocycles. The highest BCUT2D eigenvalue weighted by atomic mass is 79.9. The van der Waals surface area contributed by atoms with Crippen molar-refractivity contribution in [1.82, 2.24) is 0 Å². The van der Waals surface area contributed by atoms with Crippen molar-refractivity contribution in [2.24, 2.45) is 0 Å². The monoisotopic (exact) mass is 498 g/mol. The lowest BCUT2D eigenvalue weighted by molar-refractivity contribution is -0.112. The van der Waals surface area contributed by atoms with E-state index in [9.17, 15) is 14.4 Å². The first-order valence-corrected chi connectivity index (χ1v) is 10.4. The second-order valence-electron chi connectivity index (χ2n) is 6.59. The molecule has 7 heteroatoms. The van der Waals surface area contributed by atoms with Gasteiger partial charge in [0.15, 0.2) is 0 Å². The number of benzene rings is 3. The molecule has 0 atom stereocenters. The predicted octanol–water partition coefficient (Wildman–Crippen LogP) is 6.39. The molecule has 1 N–H and O–H groups in total. The lowest BCUT2D eigenvalue weighted by Gasteiger charge is -2.13. The number of amides is 1. The van der Waals surface area contributed by atoms with Gasteiger partial charge in [-0.25, -0.2) is 4.39 Å². The van der Waals surface area contributed by atoms with E-state index in [1.165, 1.54) is 19.3 Å². The number of nitrogens with one attached hydrogen (secondary N) is 1. The second-order valence-corrected chi connectivity index (χ2v) is 7.88. The minimum Gasteiger partial charge on any atom is -0.496 e. The third-order valence-corrected chi connectivity index (χ3v) is 5.42. The highest BCUT2D eigenvalue weighted by Crippen LogP contribution is 2.32. The quantitative estimate of drug-likeness (QED) is 0.316. The number of hydrogen-bond donors (Lipinski definition) is 1. The Morgan fingerprint density at radius 2 is 2.00 bits per heavy atom. The lowest BCUT2D eigenvalue weighted by atomic mass is 10.0. The Labute approximate surface area is 193 Å². The first kappa shape index (κ1) is 22.5. The summed E-state index contributed by atoms with van der Waals surface area (Å²) in [6.45, 7) is 0. The van der Waals surface area contributed by atoms with Gasteiger partial charge >= 0.3 is 0 Å². The lowest BCUT2D eigenvalue weighted by Crippen LogP contribution is -2.13. The molecule has 156 valence electrons. The van der Waals surface area contributed by atoms with E-state index < -0.39 is 5.91 Å². The van der Waals surface area contributed by atoms with Crippen molar-refractivity contribution in [3.63, 3.8) is 0 Å². The largest absolute Gasteiger partial charge is 0.496 e. The predicted molar refractivity (Wildman–Crippen MR) is 124 cm³/mol. The van der Waals surface area contributed by atoms with Crippen LogP contribution >= 0.6 is 27.5 Å². The summed E-state index contributed by atoms with van der Waals surface area (Å²) < 4.78 is 20.2. The van der Waals surface area contributed by atoms with Gasteiger partial charge in [0.1, 0.15) is 23.2 Å². The average Bonchev–Trinajstić information content (AvgIpc) is 2.74. The van der Waals surface area contributed by atoms with Crippen LogP contribution in [0.5, 0.6) is 5.75 Å². The van der Waals surface area contributed by atoms with E-state index in [2.05, 4.69) is 21.2 Å². The Balaban J connectivity index is 1.90. The molecule has 3 rings (SSSR count). The fraction of sp³-hybridized carbons (Fsp3) is 0.0833. The molecule has 0 aliphatic carbocycles. The molecular weight excluding hydrogens is 483 g/mol. The smallest absolute Gasteiger partial charge is 0.266 e. The van der Waals surface area contributed by atoms with E-state index >= 15 is 0 Å². The summed E-state index contributed by atoms with van der Waals surface area (Å²) >= 11 is 9.43. The number of nitrogens with zero attached hydrogens (tertiary/aromatic N) is 1. The van der Waals surface area contributed by atoms with Gasteiger partial charge in [0, 0.05) is 27.2 Å². The molecule has 0 aliphatic heterocycles. The van der Waals surface area contributed by atoms with Crippen molar-refractivity contribution >= 4 is 45.2 Å². The van der Waals surface area contributed by atoms with Gasteiger partial charge < -0.3 is 10.1 Å². The number of hydrogen-bond acceptors (Lipinski definition) is 3. The van der Waals surface area contributed by atoms with Crippen LogP contribution in [0.2, 0.25) is 5.02 Å². The summed E-state index contributed by atoms with van der Waals surface area (Å²) in [7, 11) is 1.51. The zero-order chi connectivity index (χ0) is 22.4. The van der Waals surface area contributed by atoms with E-state index in [4.69, 9.17) is 16.3 Å². The molecule has 31 heavy (non-hydrogen) atoms. The van der Waals surface area contributed by atoms with Crippen molar-refractivity contribution in [2.75, 3.05) is 12.4 Å². The van der Waals surface area contributed by atoms with Crippen LogP contribution in [0, 0.1) is 17.1 Å². The Bertz CT molecular complexity index is 1200. The molecule has 0 fully saturated rings. The van der Waals surface area contributed by atoms with E-state index in [0.717, 1.165) is 5.56 Å². The molecule has 0 radical (unpaired) electrons. The van der Waals surface area contributed by atoms with Crippen molar-refractivity contribution in [1.29, 1.82) is 5.26 Å². The first-order chi connectivity index (χ1) is 14.9. The van der Waals surface area contributed by atoms with Crippen molar-refractivity contribution in [2.45, 2.75) is 6.42 Å². The fourth-order valence-electron chi connectivity index (χ4n) is 2.98. The van der Waals surface area contributed by atoms with E-state index in [-0.39, 0.29) is 11.4 Å². The van der Waals surface area contributed by atoms with Gasteiger partial charge in [-0.15, -0.1) is 0 Å². The molecule has 0 unspecified atom stereocenters. The molecule has 0 aliphatic rings. The zero-order valence-electron chi connectivity index (χ0n) is 16.5. The Morgan fingerprint density at radius 1 is 1.23 bits per heavy atom. The van der Waals surface area contributed by atoms with Crippen LogP contribution in [0.25, 0.3) is 6.08 Å².